The van der Waals surface area contributed by atoms with Gasteiger partial charge >= 0.3 is 0 Å². The van der Waals surface area contributed by atoms with Crippen LogP contribution in [-0.4, -0.2) is 6.71 Å². The second-order valence-corrected chi connectivity index (χ2v) is 23.4. The third-order valence-corrected chi connectivity index (χ3v) is 15.7. The summed E-state index contributed by atoms with van der Waals surface area (Å²) in [4.78, 5) is 5.32. The van der Waals surface area contributed by atoms with Crippen molar-refractivity contribution in [1.82, 2.24) is 0 Å². The van der Waals surface area contributed by atoms with Crippen LogP contribution in [0.3, 0.4) is 0 Å². The summed E-state index contributed by atoms with van der Waals surface area (Å²) in [5.74, 6) is 0. The molecule has 0 saturated heterocycles. The van der Waals surface area contributed by atoms with Gasteiger partial charge in [-0.2, -0.15) is 0 Å². The first-order valence-electron chi connectivity index (χ1n) is 24.9. The van der Waals surface area contributed by atoms with Gasteiger partial charge in [-0.1, -0.05) is 191 Å². The van der Waals surface area contributed by atoms with Crippen molar-refractivity contribution >= 4 is 57.2 Å². The van der Waals surface area contributed by atoms with E-state index in [9.17, 15) is 0 Å². The standard InChI is InChI=1S/C65H65BN2/c1-42-35-46(43-21-15-12-16-22-43)28-31-55(42)67-58-41-52-51(64(8,9)33-34-65(52,10)11)40-54(58)66-53-30-27-47(44-23-17-13-18-24-44)36-57(53)68(60-39-49(63(5,6)7)38-59(67)61(60)66)56-32-29-48(62(2,3)4)37-50(56)45-25-19-14-20-26-45/h12-32,35-41H,33-34H2,1-11H3. The van der Waals surface area contributed by atoms with Crippen molar-refractivity contribution in [3.05, 3.63) is 198 Å². The lowest BCUT2D eigenvalue weighted by Crippen LogP contribution is -2.62. The smallest absolute Gasteiger partial charge is 0.252 e. The highest BCUT2D eigenvalue weighted by molar-refractivity contribution is 7.00. The average Bonchev–Trinajstić information content (AvgIpc) is 3.32. The minimum absolute atomic E-state index is 0.000372. The van der Waals surface area contributed by atoms with Gasteiger partial charge in [0.15, 0.2) is 0 Å². The molecule has 0 bridgehead atoms. The highest BCUT2D eigenvalue weighted by Gasteiger charge is 2.47. The van der Waals surface area contributed by atoms with E-state index in [1.54, 1.807) is 0 Å². The summed E-state index contributed by atoms with van der Waals surface area (Å²) < 4.78 is 0. The van der Waals surface area contributed by atoms with Gasteiger partial charge in [0.25, 0.3) is 6.71 Å². The van der Waals surface area contributed by atoms with E-state index in [4.69, 9.17) is 0 Å². The number of anilines is 6. The summed E-state index contributed by atoms with van der Waals surface area (Å²) in [6.45, 7) is 26.3. The first-order chi connectivity index (χ1) is 32.4. The molecule has 8 aromatic carbocycles. The Labute approximate surface area is 406 Å². The van der Waals surface area contributed by atoms with E-state index in [2.05, 4.69) is 256 Å². The van der Waals surface area contributed by atoms with Crippen molar-refractivity contribution in [3.63, 3.8) is 0 Å². The summed E-state index contributed by atoms with van der Waals surface area (Å²) in [7, 11) is 0. The molecule has 0 spiro atoms. The highest BCUT2D eigenvalue weighted by Crippen LogP contribution is 2.53. The van der Waals surface area contributed by atoms with Crippen LogP contribution >= 0.6 is 0 Å². The topological polar surface area (TPSA) is 6.48 Å². The lowest BCUT2D eigenvalue weighted by atomic mass is 9.33. The van der Waals surface area contributed by atoms with E-state index in [-0.39, 0.29) is 28.4 Å². The predicted octanol–water partition coefficient (Wildman–Crippen LogP) is 16.0. The molecule has 0 amide bonds. The van der Waals surface area contributed by atoms with Gasteiger partial charge in [-0.3, -0.25) is 0 Å². The summed E-state index contributed by atoms with van der Waals surface area (Å²) in [6.07, 6.45) is 2.32. The molecule has 1 aliphatic carbocycles. The third kappa shape index (κ3) is 7.24. The second-order valence-electron chi connectivity index (χ2n) is 23.4. The highest BCUT2D eigenvalue weighted by atomic mass is 15.2. The maximum atomic E-state index is 2.67. The molecule has 0 aromatic heterocycles. The largest absolute Gasteiger partial charge is 0.311 e. The van der Waals surface area contributed by atoms with Crippen molar-refractivity contribution in [1.29, 1.82) is 0 Å². The van der Waals surface area contributed by atoms with Crippen molar-refractivity contribution in [2.45, 2.75) is 111 Å². The summed E-state index contributed by atoms with van der Waals surface area (Å²) >= 11 is 0. The second kappa shape index (κ2) is 15.7. The molecule has 0 radical (unpaired) electrons. The maximum absolute atomic E-state index is 2.67. The predicted molar refractivity (Wildman–Crippen MR) is 294 cm³/mol. The van der Waals surface area contributed by atoms with E-state index < -0.39 is 0 Å². The number of fused-ring (bicyclic) bond motifs is 5. The van der Waals surface area contributed by atoms with Gasteiger partial charge in [0, 0.05) is 34.0 Å². The average molecular weight is 885 g/mol. The van der Waals surface area contributed by atoms with E-state index in [0.29, 0.717) is 0 Å². The van der Waals surface area contributed by atoms with Gasteiger partial charge in [0.1, 0.15) is 0 Å². The molecule has 0 atom stereocenters. The zero-order valence-electron chi connectivity index (χ0n) is 42.1. The van der Waals surface area contributed by atoms with E-state index in [1.807, 2.05) is 0 Å². The van der Waals surface area contributed by atoms with Crippen LogP contribution in [0.25, 0.3) is 33.4 Å². The zero-order valence-corrected chi connectivity index (χ0v) is 42.1. The Bertz CT molecular complexity index is 3260. The van der Waals surface area contributed by atoms with Crippen LogP contribution in [0.15, 0.2) is 170 Å². The number of hydrogen-bond donors (Lipinski definition) is 0. The Kier molecular flexibility index (Phi) is 10.2. The molecule has 11 rings (SSSR count). The summed E-state index contributed by atoms with van der Waals surface area (Å²) in [5, 5.41) is 0. The summed E-state index contributed by atoms with van der Waals surface area (Å²) in [5.41, 5.74) is 25.7. The van der Waals surface area contributed by atoms with E-state index in [1.165, 1.54) is 112 Å². The van der Waals surface area contributed by atoms with Gasteiger partial charge in [-0.05, 0) is 162 Å². The van der Waals surface area contributed by atoms with Gasteiger partial charge in [0.2, 0.25) is 0 Å². The number of hydrogen-bond acceptors (Lipinski definition) is 2. The molecular formula is C65H65BN2. The third-order valence-electron chi connectivity index (χ3n) is 15.7. The van der Waals surface area contributed by atoms with Crippen LogP contribution in [0.2, 0.25) is 0 Å². The molecule has 0 N–H and O–H groups in total. The fourth-order valence-electron chi connectivity index (χ4n) is 11.6. The quantitative estimate of drug-likeness (QED) is 0.159. The molecule has 68 heavy (non-hydrogen) atoms. The lowest BCUT2D eigenvalue weighted by molar-refractivity contribution is 0.332. The number of rotatable bonds is 5. The molecule has 3 aliphatic rings. The van der Waals surface area contributed by atoms with Crippen LogP contribution in [0.4, 0.5) is 34.1 Å². The van der Waals surface area contributed by atoms with Crippen LogP contribution in [0.1, 0.15) is 110 Å². The van der Waals surface area contributed by atoms with Gasteiger partial charge in [-0.15, -0.1) is 0 Å². The van der Waals surface area contributed by atoms with Crippen molar-refractivity contribution in [2.24, 2.45) is 0 Å². The van der Waals surface area contributed by atoms with Gasteiger partial charge in [0.05, 0.1) is 5.69 Å². The SMILES string of the molecule is Cc1cc(-c2ccccc2)ccc1N1c2cc3c(cc2B2c4ccc(-c5ccccc5)cc4N(c4ccc(C(C)(C)C)cc4-c4ccccc4)c4cc(C(C)(C)C)cc1c42)C(C)(C)CCC3(C)C. The zero-order chi connectivity index (χ0) is 47.5. The first kappa shape index (κ1) is 44.0. The molecule has 2 heterocycles. The molecule has 338 valence electrons. The van der Waals surface area contributed by atoms with Crippen LogP contribution < -0.4 is 26.2 Å². The number of aryl methyl sites for hydroxylation is 1. The number of nitrogens with zero attached hydrogens (tertiary/aromatic N) is 2. The summed E-state index contributed by atoms with van der Waals surface area (Å²) in [6, 6.07) is 65.0. The van der Waals surface area contributed by atoms with Gasteiger partial charge < -0.3 is 9.80 Å². The minimum atomic E-state index is -0.142. The Morgan fingerprint density at radius 3 is 1.44 bits per heavy atom. The van der Waals surface area contributed by atoms with Crippen LogP contribution in [0.5, 0.6) is 0 Å². The van der Waals surface area contributed by atoms with E-state index in [0.717, 1.165) is 12.8 Å². The normalized spacial score (nSPS) is 15.6. The Morgan fingerprint density at radius 1 is 0.397 bits per heavy atom. The molecule has 0 fully saturated rings. The minimum Gasteiger partial charge on any atom is -0.311 e. The van der Waals surface area contributed by atoms with Crippen molar-refractivity contribution in [3.8, 4) is 33.4 Å². The van der Waals surface area contributed by atoms with Crippen LogP contribution in [-0.2, 0) is 21.7 Å². The molecule has 0 saturated carbocycles. The Balaban J connectivity index is 1.28. The molecule has 2 nitrogen and oxygen atoms in total. The number of benzene rings is 8. The first-order valence-corrected chi connectivity index (χ1v) is 24.9. The molecule has 0 unspecified atom stereocenters. The lowest BCUT2D eigenvalue weighted by Gasteiger charge is -2.48. The maximum Gasteiger partial charge on any atom is 0.252 e. The Hall–Kier alpha value is -6.58. The monoisotopic (exact) mass is 885 g/mol. The van der Waals surface area contributed by atoms with Crippen molar-refractivity contribution in [2.75, 3.05) is 9.80 Å². The fourth-order valence-corrected chi connectivity index (χ4v) is 11.6. The molecule has 8 aromatic rings. The van der Waals surface area contributed by atoms with E-state index >= 15 is 0 Å². The molecule has 3 heteroatoms. The van der Waals surface area contributed by atoms with Crippen LogP contribution in [0, 0.1) is 6.92 Å². The fraction of sp³-hybridized carbons (Fsp3) is 0.262. The van der Waals surface area contributed by atoms with Crippen molar-refractivity contribution < 1.29 is 0 Å². The Morgan fingerprint density at radius 2 is 0.882 bits per heavy atom. The molecule has 2 aliphatic heterocycles. The molecular weight excluding hydrogens is 820 g/mol. The van der Waals surface area contributed by atoms with Gasteiger partial charge in [-0.25, -0.2) is 0 Å².